The zero-order valence-corrected chi connectivity index (χ0v) is 18.6. The second kappa shape index (κ2) is 12.8. The minimum Gasteiger partial charge on any atom is -0.482 e. The van der Waals surface area contributed by atoms with Crippen LogP contribution >= 0.6 is 0 Å². The van der Waals surface area contributed by atoms with Crippen LogP contribution in [0.1, 0.15) is 23.6 Å². The van der Waals surface area contributed by atoms with Gasteiger partial charge in [0.15, 0.2) is 6.61 Å². The molecular formula is C23H29N5O5. The average molecular weight is 456 g/mol. The molecule has 1 atom stereocenters. The number of carbonyl (C=O) groups excluding carboxylic acids is 3. The van der Waals surface area contributed by atoms with Crippen molar-refractivity contribution in [2.24, 2.45) is 5.73 Å². The SMILES string of the molecule is COC(=O)COc1ccc(CNCC(=O)NC(C)C(=O)NCc2ccc(C(=N)N)cc2)cc1. The third-order valence-electron chi connectivity index (χ3n) is 4.62. The van der Waals surface area contributed by atoms with Gasteiger partial charge in [-0.3, -0.25) is 15.0 Å². The number of hydrogen-bond acceptors (Lipinski definition) is 7. The van der Waals surface area contributed by atoms with E-state index in [4.69, 9.17) is 15.9 Å². The number of nitrogens with two attached hydrogens (primary N) is 1. The molecule has 6 N–H and O–H groups in total. The van der Waals surface area contributed by atoms with Crippen molar-refractivity contribution in [1.82, 2.24) is 16.0 Å². The quantitative estimate of drug-likeness (QED) is 0.177. The van der Waals surface area contributed by atoms with E-state index in [-0.39, 0.29) is 30.8 Å². The van der Waals surface area contributed by atoms with Crippen LogP contribution in [0.15, 0.2) is 48.5 Å². The fourth-order valence-electron chi connectivity index (χ4n) is 2.73. The lowest BCUT2D eigenvalue weighted by Crippen LogP contribution is -2.47. The molecule has 0 bridgehead atoms. The third kappa shape index (κ3) is 8.99. The van der Waals surface area contributed by atoms with E-state index >= 15 is 0 Å². The molecule has 2 amide bonds. The fourth-order valence-corrected chi connectivity index (χ4v) is 2.73. The van der Waals surface area contributed by atoms with Crippen molar-refractivity contribution in [2.75, 3.05) is 20.3 Å². The molecule has 2 aromatic rings. The van der Waals surface area contributed by atoms with Crippen LogP contribution in [-0.4, -0.2) is 49.9 Å². The van der Waals surface area contributed by atoms with Gasteiger partial charge in [0.2, 0.25) is 11.8 Å². The van der Waals surface area contributed by atoms with E-state index in [1.807, 2.05) is 12.1 Å². The summed E-state index contributed by atoms with van der Waals surface area (Å²) in [6.07, 6.45) is 0. The maximum absolute atomic E-state index is 12.2. The number of rotatable bonds is 12. The summed E-state index contributed by atoms with van der Waals surface area (Å²) in [5.41, 5.74) is 7.81. The smallest absolute Gasteiger partial charge is 0.343 e. The van der Waals surface area contributed by atoms with Crippen molar-refractivity contribution in [3.05, 3.63) is 65.2 Å². The summed E-state index contributed by atoms with van der Waals surface area (Å²) in [5, 5.41) is 15.8. The number of hydrogen-bond donors (Lipinski definition) is 5. The Bertz CT molecular complexity index is 960. The van der Waals surface area contributed by atoms with Gasteiger partial charge in [-0.1, -0.05) is 36.4 Å². The first-order chi connectivity index (χ1) is 15.8. The Hall–Kier alpha value is -3.92. The molecule has 0 aliphatic rings. The van der Waals surface area contributed by atoms with Crippen molar-refractivity contribution in [3.63, 3.8) is 0 Å². The first kappa shape index (κ1) is 25.3. The van der Waals surface area contributed by atoms with Crippen molar-refractivity contribution in [3.8, 4) is 5.75 Å². The Morgan fingerprint density at radius 1 is 1.00 bits per heavy atom. The molecule has 0 aliphatic heterocycles. The van der Waals surface area contributed by atoms with Crippen molar-refractivity contribution in [2.45, 2.75) is 26.1 Å². The number of benzene rings is 2. The summed E-state index contributed by atoms with van der Waals surface area (Å²) < 4.78 is 9.79. The van der Waals surface area contributed by atoms with Crippen LogP contribution in [0.3, 0.4) is 0 Å². The van der Waals surface area contributed by atoms with E-state index in [2.05, 4.69) is 20.7 Å². The van der Waals surface area contributed by atoms with Gasteiger partial charge in [-0.25, -0.2) is 4.79 Å². The van der Waals surface area contributed by atoms with Crippen molar-refractivity contribution in [1.29, 1.82) is 5.41 Å². The molecule has 0 radical (unpaired) electrons. The first-order valence-electron chi connectivity index (χ1n) is 10.3. The topological polar surface area (TPSA) is 156 Å². The lowest BCUT2D eigenvalue weighted by atomic mass is 10.1. The molecule has 2 rings (SSSR count). The zero-order chi connectivity index (χ0) is 24.2. The number of esters is 1. The van der Waals surface area contributed by atoms with Gasteiger partial charge in [0.25, 0.3) is 0 Å². The number of carbonyl (C=O) groups is 3. The summed E-state index contributed by atoms with van der Waals surface area (Å²) in [7, 11) is 1.29. The summed E-state index contributed by atoms with van der Waals surface area (Å²) in [5.74, 6) is -0.547. The molecule has 0 saturated carbocycles. The molecule has 1 unspecified atom stereocenters. The minimum absolute atomic E-state index is 0.0165. The maximum atomic E-state index is 12.2. The van der Waals surface area contributed by atoms with Gasteiger partial charge < -0.3 is 31.2 Å². The van der Waals surface area contributed by atoms with Crippen LogP contribution in [0.25, 0.3) is 0 Å². The van der Waals surface area contributed by atoms with Gasteiger partial charge in [0.05, 0.1) is 13.7 Å². The van der Waals surface area contributed by atoms with E-state index in [1.54, 1.807) is 43.3 Å². The Morgan fingerprint density at radius 2 is 1.61 bits per heavy atom. The summed E-state index contributed by atoms with van der Waals surface area (Å²) >= 11 is 0. The third-order valence-corrected chi connectivity index (χ3v) is 4.62. The number of nitrogen functional groups attached to an aromatic ring is 1. The Labute approximate surface area is 192 Å². The highest BCUT2D eigenvalue weighted by Crippen LogP contribution is 2.12. The molecular weight excluding hydrogens is 426 g/mol. The minimum atomic E-state index is -0.693. The molecule has 0 aliphatic carbocycles. The largest absolute Gasteiger partial charge is 0.482 e. The number of amidine groups is 1. The highest BCUT2D eigenvalue weighted by atomic mass is 16.6. The van der Waals surface area contributed by atoms with Crippen molar-refractivity contribution >= 4 is 23.6 Å². The maximum Gasteiger partial charge on any atom is 0.343 e. The van der Waals surface area contributed by atoms with Gasteiger partial charge in [0, 0.05) is 18.7 Å². The summed E-state index contributed by atoms with van der Waals surface area (Å²) in [4.78, 5) is 35.4. The molecule has 0 heterocycles. The Morgan fingerprint density at radius 3 is 2.21 bits per heavy atom. The summed E-state index contributed by atoms with van der Waals surface area (Å²) in [6, 6.07) is 13.4. The highest BCUT2D eigenvalue weighted by molar-refractivity contribution is 5.94. The van der Waals surface area contributed by atoms with Crippen LogP contribution in [0, 0.1) is 5.41 Å². The van der Waals surface area contributed by atoms with Crippen LogP contribution in [0.4, 0.5) is 0 Å². The normalized spacial score (nSPS) is 11.2. The average Bonchev–Trinajstić information content (AvgIpc) is 2.81. The second-order valence-corrected chi connectivity index (χ2v) is 7.23. The molecule has 10 heteroatoms. The number of ether oxygens (including phenoxy) is 2. The van der Waals surface area contributed by atoms with E-state index in [1.165, 1.54) is 7.11 Å². The van der Waals surface area contributed by atoms with E-state index < -0.39 is 12.0 Å². The van der Waals surface area contributed by atoms with Crippen LogP contribution in [0.2, 0.25) is 0 Å². The number of nitrogens with one attached hydrogen (secondary N) is 4. The second-order valence-electron chi connectivity index (χ2n) is 7.23. The Balaban J connectivity index is 1.67. The molecule has 2 aromatic carbocycles. The molecule has 0 fully saturated rings. The molecule has 33 heavy (non-hydrogen) atoms. The van der Waals surface area contributed by atoms with Crippen LogP contribution < -0.4 is 26.4 Å². The molecule has 0 spiro atoms. The van der Waals surface area contributed by atoms with Gasteiger partial charge >= 0.3 is 5.97 Å². The van der Waals surface area contributed by atoms with Gasteiger partial charge in [0.1, 0.15) is 17.6 Å². The highest BCUT2D eigenvalue weighted by Gasteiger charge is 2.15. The lowest BCUT2D eigenvalue weighted by Gasteiger charge is -2.15. The fraction of sp³-hybridized carbons (Fsp3) is 0.304. The van der Waals surface area contributed by atoms with E-state index in [0.717, 1.165) is 11.1 Å². The Kier molecular flexibility index (Phi) is 9.84. The van der Waals surface area contributed by atoms with Crippen molar-refractivity contribution < 1.29 is 23.9 Å². The van der Waals surface area contributed by atoms with Gasteiger partial charge in [-0.15, -0.1) is 0 Å². The first-order valence-corrected chi connectivity index (χ1v) is 10.3. The molecule has 0 saturated heterocycles. The monoisotopic (exact) mass is 455 g/mol. The van der Waals surface area contributed by atoms with E-state index in [0.29, 0.717) is 24.4 Å². The number of methoxy groups -OCH3 is 1. The van der Waals surface area contributed by atoms with Gasteiger partial charge in [-0.05, 0) is 30.2 Å². The predicted octanol–water partition coefficient (Wildman–Crippen LogP) is 0.433. The zero-order valence-electron chi connectivity index (χ0n) is 18.6. The van der Waals surface area contributed by atoms with Crippen LogP contribution in [-0.2, 0) is 32.2 Å². The standard InChI is InChI=1S/C23H29N5O5/c1-15(23(31)27-12-17-3-7-18(8-4-17)22(24)25)28-20(29)13-26-11-16-5-9-19(10-6-16)33-14-21(30)32-2/h3-10,15,26H,11-14H2,1-2H3,(H3,24,25)(H,27,31)(H,28,29). The summed E-state index contributed by atoms with van der Waals surface area (Å²) in [6.45, 7) is 2.24. The van der Waals surface area contributed by atoms with Gasteiger partial charge in [-0.2, -0.15) is 0 Å². The van der Waals surface area contributed by atoms with E-state index in [9.17, 15) is 14.4 Å². The lowest BCUT2D eigenvalue weighted by molar-refractivity contribution is -0.142. The van der Waals surface area contributed by atoms with Crippen LogP contribution in [0.5, 0.6) is 5.75 Å². The number of amides is 2. The predicted molar refractivity (Wildman–Crippen MR) is 123 cm³/mol. The molecule has 0 aromatic heterocycles. The molecule has 176 valence electrons. The molecule has 10 nitrogen and oxygen atoms in total.